The first kappa shape index (κ1) is 11.2. The van der Waals surface area contributed by atoms with Crippen LogP contribution in [0.4, 0.5) is 0 Å². The molecule has 0 radical (unpaired) electrons. The highest BCUT2D eigenvalue weighted by atomic mass is 35.5. The number of carboxylic acid groups (broad SMARTS) is 1. The lowest BCUT2D eigenvalue weighted by molar-refractivity contribution is 0.0690. The van der Waals surface area contributed by atoms with E-state index in [1.807, 2.05) is 0 Å². The summed E-state index contributed by atoms with van der Waals surface area (Å²) >= 11 is 0. The molecule has 0 amide bonds. The van der Waals surface area contributed by atoms with Gasteiger partial charge in [0.05, 0.1) is 18.2 Å². The number of aromatic nitrogens is 3. The molecule has 0 unspecified atom stereocenters. The van der Waals surface area contributed by atoms with E-state index in [1.165, 1.54) is 12.3 Å². The summed E-state index contributed by atoms with van der Waals surface area (Å²) in [5.41, 5.74) is 0.821. The van der Waals surface area contributed by atoms with Crippen LogP contribution < -0.4 is 0 Å². The number of imidazole rings is 1. The molecule has 0 fully saturated rings. The summed E-state index contributed by atoms with van der Waals surface area (Å²) < 4.78 is 1.75. The van der Waals surface area contributed by atoms with E-state index in [-0.39, 0.29) is 18.1 Å². The van der Waals surface area contributed by atoms with Crippen LogP contribution in [0.15, 0.2) is 37.1 Å². The van der Waals surface area contributed by atoms with Crippen LogP contribution in [0.2, 0.25) is 0 Å². The van der Waals surface area contributed by atoms with Crippen molar-refractivity contribution in [1.29, 1.82) is 0 Å². The molecule has 1 N–H and O–H groups in total. The summed E-state index contributed by atoms with van der Waals surface area (Å²) in [5.74, 6) is -1.03. The van der Waals surface area contributed by atoms with Crippen molar-refractivity contribution in [3.05, 3.63) is 42.7 Å². The predicted molar refractivity (Wildman–Crippen MR) is 55.6 cm³/mol. The van der Waals surface area contributed by atoms with Crippen LogP contribution in [0.25, 0.3) is 5.69 Å². The molecule has 15 heavy (non-hydrogen) atoms. The fourth-order valence-corrected chi connectivity index (χ4v) is 1.08. The second-order valence-corrected chi connectivity index (χ2v) is 2.68. The maximum Gasteiger partial charge on any atom is 0.354 e. The first-order valence-corrected chi connectivity index (χ1v) is 3.95. The third-order valence-electron chi connectivity index (χ3n) is 1.77. The summed E-state index contributed by atoms with van der Waals surface area (Å²) in [7, 11) is 0. The molecule has 0 aromatic carbocycles. The van der Waals surface area contributed by atoms with Gasteiger partial charge in [-0.2, -0.15) is 0 Å². The largest absolute Gasteiger partial charge is 0.477 e. The first-order chi connectivity index (χ1) is 6.77. The van der Waals surface area contributed by atoms with E-state index in [9.17, 15) is 4.79 Å². The third-order valence-corrected chi connectivity index (χ3v) is 1.77. The molecule has 0 atom stereocenters. The van der Waals surface area contributed by atoms with Crippen LogP contribution in [0, 0.1) is 0 Å². The van der Waals surface area contributed by atoms with Crippen LogP contribution in [0.1, 0.15) is 10.5 Å². The van der Waals surface area contributed by atoms with E-state index in [2.05, 4.69) is 9.97 Å². The minimum atomic E-state index is -1.03. The Balaban J connectivity index is 0.00000112. The molecule has 0 saturated carbocycles. The summed E-state index contributed by atoms with van der Waals surface area (Å²) in [4.78, 5) is 18.2. The molecular formula is C9H8ClN3O2. The maximum atomic E-state index is 10.5. The zero-order valence-corrected chi connectivity index (χ0v) is 8.39. The van der Waals surface area contributed by atoms with Gasteiger partial charge in [0, 0.05) is 12.4 Å². The fourth-order valence-electron chi connectivity index (χ4n) is 1.08. The van der Waals surface area contributed by atoms with Gasteiger partial charge in [0.2, 0.25) is 0 Å². The van der Waals surface area contributed by atoms with E-state index in [0.29, 0.717) is 0 Å². The number of hydrogen-bond donors (Lipinski definition) is 1. The molecule has 5 nitrogen and oxygen atoms in total. The lowest BCUT2D eigenvalue weighted by Crippen LogP contribution is -2.00. The van der Waals surface area contributed by atoms with Crippen molar-refractivity contribution in [2.75, 3.05) is 0 Å². The van der Waals surface area contributed by atoms with Crippen LogP contribution in [0.3, 0.4) is 0 Å². The van der Waals surface area contributed by atoms with E-state index in [4.69, 9.17) is 5.11 Å². The summed E-state index contributed by atoms with van der Waals surface area (Å²) in [6.07, 6.45) is 6.52. The molecule has 0 aliphatic rings. The third kappa shape index (κ3) is 2.32. The Hall–Kier alpha value is -1.88. The van der Waals surface area contributed by atoms with Crippen LogP contribution in [-0.4, -0.2) is 25.6 Å². The monoisotopic (exact) mass is 225 g/mol. The summed E-state index contributed by atoms with van der Waals surface area (Å²) in [6, 6.07) is 3.13. The number of rotatable bonds is 2. The van der Waals surface area contributed by atoms with Crippen molar-refractivity contribution < 1.29 is 9.90 Å². The van der Waals surface area contributed by atoms with Crippen molar-refractivity contribution in [1.82, 2.24) is 14.5 Å². The van der Waals surface area contributed by atoms with Crippen molar-refractivity contribution in [2.24, 2.45) is 0 Å². The lowest BCUT2D eigenvalue weighted by atomic mass is 10.3. The number of hydrogen-bond acceptors (Lipinski definition) is 3. The average molecular weight is 226 g/mol. The van der Waals surface area contributed by atoms with Gasteiger partial charge in [-0.25, -0.2) is 14.8 Å². The fraction of sp³-hybridized carbons (Fsp3) is 0. The minimum Gasteiger partial charge on any atom is -0.477 e. The van der Waals surface area contributed by atoms with Crippen molar-refractivity contribution in [3.63, 3.8) is 0 Å². The summed E-state index contributed by atoms with van der Waals surface area (Å²) in [5, 5.41) is 8.62. The van der Waals surface area contributed by atoms with Gasteiger partial charge >= 0.3 is 5.97 Å². The molecule has 2 heterocycles. The van der Waals surface area contributed by atoms with Gasteiger partial charge in [-0.15, -0.1) is 12.4 Å². The number of pyridine rings is 1. The number of carboxylic acids is 1. The number of nitrogens with zero attached hydrogens (tertiary/aromatic N) is 3. The van der Waals surface area contributed by atoms with Crippen LogP contribution in [0.5, 0.6) is 0 Å². The normalized spacial score (nSPS) is 9.33. The zero-order valence-electron chi connectivity index (χ0n) is 7.57. The van der Waals surface area contributed by atoms with Crippen molar-refractivity contribution in [2.45, 2.75) is 0 Å². The second-order valence-electron chi connectivity index (χ2n) is 2.68. The first-order valence-electron chi connectivity index (χ1n) is 3.95. The minimum absolute atomic E-state index is 0. The maximum absolute atomic E-state index is 10.5. The lowest BCUT2D eigenvalue weighted by Gasteiger charge is -2.00. The quantitative estimate of drug-likeness (QED) is 0.839. The van der Waals surface area contributed by atoms with Gasteiger partial charge in [-0.1, -0.05) is 0 Å². The standard InChI is InChI=1S/C9H7N3O2.ClH/c13-9(14)8-2-1-7(5-11-8)12-4-3-10-6-12;/h1-6H,(H,13,14);1H. The molecular weight excluding hydrogens is 218 g/mol. The molecule has 0 spiro atoms. The molecule has 0 saturated heterocycles. The average Bonchev–Trinajstić information content (AvgIpc) is 2.71. The highest BCUT2D eigenvalue weighted by Gasteiger charge is 2.03. The van der Waals surface area contributed by atoms with E-state index in [1.54, 1.807) is 29.4 Å². The molecule has 2 rings (SSSR count). The number of carbonyl (C=O) groups is 1. The van der Waals surface area contributed by atoms with Crippen molar-refractivity contribution in [3.8, 4) is 5.69 Å². The van der Waals surface area contributed by atoms with Gasteiger partial charge in [0.15, 0.2) is 0 Å². The smallest absolute Gasteiger partial charge is 0.354 e. The molecule has 6 heteroatoms. The van der Waals surface area contributed by atoms with Crippen LogP contribution >= 0.6 is 12.4 Å². The Labute approximate surface area is 91.8 Å². The highest BCUT2D eigenvalue weighted by Crippen LogP contribution is 2.05. The Morgan fingerprint density at radius 2 is 2.20 bits per heavy atom. The van der Waals surface area contributed by atoms with Crippen molar-refractivity contribution >= 4 is 18.4 Å². The van der Waals surface area contributed by atoms with Gasteiger partial charge in [0.25, 0.3) is 0 Å². The number of aromatic carboxylic acids is 1. The molecule has 2 aromatic heterocycles. The second kappa shape index (κ2) is 4.56. The van der Waals surface area contributed by atoms with E-state index < -0.39 is 5.97 Å². The molecule has 78 valence electrons. The predicted octanol–water partition coefficient (Wildman–Crippen LogP) is 1.39. The van der Waals surface area contributed by atoms with Gasteiger partial charge in [0.1, 0.15) is 5.69 Å². The topological polar surface area (TPSA) is 68.0 Å². The Bertz CT molecular complexity index is 439. The molecule has 0 aliphatic carbocycles. The Morgan fingerprint density at radius 3 is 2.67 bits per heavy atom. The molecule has 2 aromatic rings. The zero-order chi connectivity index (χ0) is 9.97. The van der Waals surface area contributed by atoms with Gasteiger partial charge in [-0.3, -0.25) is 0 Å². The SMILES string of the molecule is Cl.O=C(O)c1ccc(-n2ccnc2)cn1. The summed E-state index contributed by atoms with van der Waals surface area (Å²) in [6.45, 7) is 0. The number of halogens is 1. The Kier molecular flexibility index (Phi) is 3.41. The van der Waals surface area contributed by atoms with Gasteiger partial charge in [-0.05, 0) is 12.1 Å². The highest BCUT2D eigenvalue weighted by molar-refractivity contribution is 5.85. The molecule has 0 bridgehead atoms. The Morgan fingerprint density at radius 1 is 1.40 bits per heavy atom. The van der Waals surface area contributed by atoms with E-state index in [0.717, 1.165) is 5.69 Å². The van der Waals surface area contributed by atoms with E-state index >= 15 is 0 Å². The van der Waals surface area contributed by atoms with Gasteiger partial charge < -0.3 is 9.67 Å². The van der Waals surface area contributed by atoms with Crippen LogP contribution in [-0.2, 0) is 0 Å². The molecule has 0 aliphatic heterocycles.